The lowest BCUT2D eigenvalue weighted by molar-refractivity contribution is -0.164. The van der Waals surface area contributed by atoms with E-state index in [1.54, 1.807) is 19.1 Å². The molecule has 152 valence electrons. The molecule has 8 nitrogen and oxygen atoms in total. The van der Waals surface area contributed by atoms with Gasteiger partial charge in [-0.05, 0) is 18.6 Å². The highest BCUT2D eigenvalue weighted by atomic mass is 31.2. The molecule has 1 aromatic carbocycles. The molecule has 0 aliphatic carbocycles. The predicted molar refractivity (Wildman–Crippen MR) is 103 cm³/mol. The number of rotatable bonds is 11. The second-order valence-electron chi connectivity index (χ2n) is 6.44. The Labute approximate surface area is 160 Å². The zero-order valence-electron chi connectivity index (χ0n) is 15.9. The molecule has 2 N–H and O–H groups in total. The largest absolute Gasteiger partial charge is 0.442 e. The van der Waals surface area contributed by atoms with E-state index in [9.17, 15) is 14.6 Å². The van der Waals surface area contributed by atoms with E-state index in [4.69, 9.17) is 9.26 Å². The van der Waals surface area contributed by atoms with Gasteiger partial charge in [0.2, 0.25) is 0 Å². The number of hydrogen-bond acceptors (Lipinski definition) is 7. The fraction of sp³-hybridized carbons (Fsp3) is 0.611. The van der Waals surface area contributed by atoms with Gasteiger partial charge in [-0.15, -0.1) is 0 Å². The van der Waals surface area contributed by atoms with Crippen LogP contribution < -0.4 is 9.84 Å². The van der Waals surface area contributed by atoms with Crippen molar-refractivity contribution in [2.45, 2.75) is 13.3 Å². The fourth-order valence-electron chi connectivity index (χ4n) is 2.70. The maximum atomic E-state index is 12.8. The Hall–Kier alpha value is -1.44. The van der Waals surface area contributed by atoms with Crippen LogP contribution in [0.2, 0.25) is 0 Å². The average molecular weight is 399 g/mol. The number of ether oxygens (including phenoxy) is 1. The monoisotopic (exact) mass is 399 g/mol. The topological polar surface area (TPSA) is 91.3 Å². The number of hydroxylamine groups is 2. The van der Waals surface area contributed by atoms with E-state index in [1.807, 2.05) is 18.2 Å². The van der Waals surface area contributed by atoms with Crippen LogP contribution in [0, 0.1) is 0 Å². The van der Waals surface area contributed by atoms with Crippen LogP contribution in [0.3, 0.4) is 0 Å². The van der Waals surface area contributed by atoms with Gasteiger partial charge in [0.15, 0.2) is 0 Å². The van der Waals surface area contributed by atoms with Crippen LogP contribution in [0.15, 0.2) is 30.3 Å². The Morgan fingerprint density at radius 3 is 2.70 bits per heavy atom. The van der Waals surface area contributed by atoms with E-state index in [-0.39, 0.29) is 19.4 Å². The molecule has 0 bridgehead atoms. The molecular weight excluding hydrogens is 369 g/mol. The third-order valence-electron chi connectivity index (χ3n) is 4.36. The van der Waals surface area contributed by atoms with Gasteiger partial charge < -0.3 is 9.26 Å². The lowest BCUT2D eigenvalue weighted by Gasteiger charge is -2.27. The van der Waals surface area contributed by atoms with Crippen molar-refractivity contribution in [3.05, 3.63) is 30.3 Å². The Kier molecular flexibility index (Phi) is 9.24. The number of carbonyl (C=O) groups is 1. The maximum absolute atomic E-state index is 12.8. The molecule has 0 aromatic heterocycles. The van der Waals surface area contributed by atoms with Crippen molar-refractivity contribution < 1.29 is 23.8 Å². The van der Waals surface area contributed by atoms with Crippen molar-refractivity contribution >= 4 is 13.3 Å². The summed E-state index contributed by atoms with van der Waals surface area (Å²) in [6, 6.07) is 8.98. The Morgan fingerprint density at radius 2 is 2.04 bits per heavy atom. The summed E-state index contributed by atoms with van der Waals surface area (Å²) in [4.78, 5) is 14.3. The number of benzene rings is 1. The van der Waals surface area contributed by atoms with Gasteiger partial charge in [-0.1, -0.05) is 25.1 Å². The molecule has 1 unspecified atom stereocenters. The van der Waals surface area contributed by atoms with Crippen molar-refractivity contribution in [3.8, 4) is 5.75 Å². The van der Waals surface area contributed by atoms with E-state index in [2.05, 4.69) is 10.2 Å². The zero-order chi connectivity index (χ0) is 19.5. The first-order valence-corrected chi connectivity index (χ1v) is 11.3. The van der Waals surface area contributed by atoms with E-state index >= 15 is 0 Å². The van der Waals surface area contributed by atoms with Crippen molar-refractivity contribution in [2.75, 3.05) is 58.4 Å². The molecule has 1 fully saturated rings. The molecule has 0 saturated carbocycles. The minimum atomic E-state index is -2.93. The van der Waals surface area contributed by atoms with Gasteiger partial charge in [0.05, 0.1) is 26.0 Å². The van der Waals surface area contributed by atoms with Gasteiger partial charge in [-0.25, -0.2) is 5.06 Å². The molecule has 1 heterocycles. The highest BCUT2D eigenvalue weighted by molar-refractivity contribution is 7.59. The van der Waals surface area contributed by atoms with Crippen LogP contribution >= 0.6 is 7.37 Å². The predicted octanol–water partition coefficient (Wildman–Crippen LogP) is 1.85. The molecule has 1 atom stereocenters. The summed E-state index contributed by atoms with van der Waals surface area (Å²) < 4.78 is 23.7. The number of carbonyl (C=O) groups excluding carboxylic acids is 1. The Bertz CT molecular complexity index is 610. The van der Waals surface area contributed by atoms with Gasteiger partial charge in [0.25, 0.3) is 13.3 Å². The first-order valence-electron chi connectivity index (χ1n) is 9.35. The highest BCUT2D eigenvalue weighted by Crippen LogP contribution is 2.45. The number of nitrogens with one attached hydrogen (secondary N) is 1. The molecule has 0 spiro atoms. The minimum absolute atomic E-state index is 0.0752. The normalized spacial score (nSPS) is 17.3. The van der Waals surface area contributed by atoms with Gasteiger partial charge in [-0.3, -0.25) is 24.8 Å². The van der Waals surface area contributed by atoms with Gasteiger partial charge in [-0.2, -0.15) is 0 Å². The quantitative estimate of drug-likeness (QED) is 0.333. The van der Waals surface area contributed by atoms with Gasteiger partial charge in [0.1, 0.15) is 5.75 Å². The number of hydrogen-bond donors (Lipinski definition) is 2. The van der Waals surface area contributed by atoms with Crippen molar-refractivity contribution in [1.82, 2.24) is 15.3 Å². The van der Waals surface area contributed by atoms with Crippen molar-refractivity contribution in [1.29, 1.82) is 0 Å². The minimum Gasteiger partial charge on any atom is -0.442 e. The number of morpholine rings is 1. The third kappa shape index (κ3) is 7.99. The zero-order valence-corrected chi connectivity index (χ0v) is 16.8. The summed E-state index contributed by atoms with van der Waals surface area (Å²) in [7, 11) is -2.93. The maximum Gasteiger partial charge on any atom is 0.261 e. The van der Waals surface area contributed by atoms with Gasteiger partial charge in [0, 0.05) is 32.3 Å². The van der Waals surface area contributed by atoms with Crippen molar-refractivity contribution in [3.63, 3.8) is 0 Å². The van der Waals surface area contributed by atoms with Crippen LogP contribution in [0.4, 0.5) is 0 Å². The van der Waals surface area contributed by atoms with E-state index < -0.39 is 13.3 Å². The summed E-state index contributed by atoms with van der Waals surface area (Å²) >= 11 is 0. The van der Waals surface area contributed by atoms with Crippen LogP contribution in [0.1, 0.15) is 13.3 Å². The summed E-state index contributed by atoms with van der Waals surface area (Å²) in [5.41, 5.74) is 0. The molecule has 1 amide bonds. The van der Waals surface area contributed by atoms with E-state index in [0.717, 1.165) is 37.9 Å². The third-order valence-corrected chi connectivity index (χ3v) is 6.57. The number of para-hydroxylation sites is 1. The first kappa shape index (κ1) is 21.9. The molecule has 0 radical (unpaired) electrons. The lowest BCUT2D eigenvalue weighted by Crippen LogP contribution is -2.40. The van der Waals surface area contributed by atoms with E-state index in [0.29, 0.717) is 18.3 Å². The average Bonchev–Trinajstić information content (AvgIpc) is 2.69. The first-order chi connectivity index (χ1) is 13.0. The lowest BCUT2D eigenvalue weighted by atomic mass is 10.3. The molecular formula is C18H30N3O5P. The standard InChI is InChI=1S/C18H30N3O5P/c1-2-27(24,26-17-7-4-3-5-8-17)16-19-15-18(22)21(23)10-6-9-20-11-13-25-14-12-20/h3-5,7-8,19,23H,2,6,9-16H2,1H3. The van der Waals surface area contributed by atoms with Crippen LogP contribution in [-0.4, -0.2) is 79.5 Å². The molecule has 27 heavy (non-hydrogen) atoms. The molecule has 9 heteroatoms. The second kappa shape index (κ2) is 11.4. The highest BCUT2D eigenvalue weighted by Gasteiger charge is 2.23. The molecule has 1 aromatic rings. The van der Waals surface area contributed by atoms with Crippen LogP contribution in [-0.2, 0) is 14.1 Å². The molecule has 1 aliphatic heterocycles. The van der Waals surface area contributed by atoms with Gasteiger partial charge >= 0.3 is 0 Å². The summed E-state index contributed by atoms with van der Waals surface area (Å²) in [5.74, 6) is 0.0991. The van der Waals surface area contributed by atoms with E-state index in [1.165, 1.54) is 0 Å². The summed E-state index contributed by atoms with van der Waals surface area (Å²) in [5, 5.41) is 13.4. The molecule has 1 aliphatic rings. The number of amides is 1. The van der Waals surface area contributed by atoms with Crippen LogP contribution in [0.5, 0.6) is 5.75 Å². The molecule has 1 saturated heterocycles. The SMILES string of the molecule is CCP(=O)(CNCC(=O)N(O)CCCN1CCOCC1)Oc1ccccc1. The Balaban J connectivity index is 1.66. The fourth-order valence-corrected chi connectivity index (χ4v) is 4.08. The summed E-state index contributed by atoms with van der Waals surface area (Å²) in [6.07, 6.45) is 1.12. The summed E-state index contributed by atoms with van der Waals surface area (Å²) in [6.45, 7) is 6.01. The second-order valence-corrected chi connectivity index (χ2v) is 9.20. The van der Waals surface area contributed by atoms with Crippen molar-refractivity contribution in [2.24, 2.45) is 0 Å². The van der Waals surface area contributed by atoms with Crippen LogP contribution in [0.25, 0.3) is 0 Å². The smallest absolute Gasteiger partial charge is 0.261 e. The molecule has 2 rings (SSSR count). The Morgan fingerprint density at radius 1 is 1.33 bits per heavy atom. The number of nitrogens with zero attached hydrogens (tertiary/aromatic N) is 2.